The topological polar surface area (TPSA) is 51.4 Å². The van der Waals surface area contributed by atoms with Crippen LogP contribution in [0.25, 0.3) is 10.4 Å². The zero-order valence-electron chi connectivity index (χ0n) is 11.6. The first-order chi connectivity index (χ1) is 10.3. The third-order valence-corrected chi connectivity index (χ3v) is 6.08. The molecule has 5 nitrogen and oxygen atoms in total. The summed E-state index contributed by atoms with van der Waals surface area (Å²) in [5.74, 6) is 2.30. The molecule has 1 aliphatic carbocycles. The zero-order chi connectivity index (χ0) is 13.8. The van der Waals surface area contributed by atoms with Crippen molar-refractivity contribution in [3.05, 3.63) is 18.7 Å². The maximum atomic E-state index is 6.30. The molecule has 3 saturated heterocycles. The van der Waals surface area contributed by atoms with Crippen LogP contribution in [-0.2, 0) is 0 Å². The number of ether oxygens (including phenoxy) is 1. The molecule has 2 atom stereocenters. The third kappa shape index (κ3) is 2.00. The Kier molecular flexibility index (Phi) is 2.64. The summed E-state index contributed by atoms with van der Waals surface area (Å²) in [6.07, 6.45) is 8.25. The summed E-state index contributed by atoms with van der Waals surface area (Å²) in [6.45, 7) is 3.73. The summed E-state index contributed by atoms with van der Waals surface area (Å²) in [6, 6.07) is 0. The van der Waals surface area contributed by atoms with Gasteiger partial charge < -0.3 is 14.2 Å². The molecule has 4 bridgehead atoms. The second kappa shape index (κ2) is 4.55. The molecule has 0 unspecified atom stereocenters. The van der Waals surface area contributed by atoms with Crippen molar-refractivity contribution in [2.24, 2.45) is 17.8 Å². The monoisotopic (exact) mass is 303 g/mol. The lowest BCUT2D eigenvalue weighted by Crippen LogP contribution is -2.61. The van der Waals surface area contributed by atoms with Gasteiger partial charge in [-0.15, -0.1) is 0 Å². The fourth-order valence-corrected chi connectivity index (χ4v) is 5.22. The number of nitrogens with zero attached hydrogens (tertiary/aromatic N) is 3. The van der Waals surface area contributed by atoms with Crippen molar-refractivity contribution in [2.45, 2.75) is 18.9 Å². The van der Waals surface area contributed by atoms with Crippen molar-refractivity contribution in [3.8, 4) is 15.6 Å². The highest BCUT2D eigenvalue weighted by Gasteiger charge is 2.48. The quantitative estimate of drug-likeness (QED) is 0.872. The van der Waals surface area contributed by atoms with E-state index in [-0.39, 0.29) is 0 Å². The number of hydrogen-bond acceptors (Lipinski definition) is 6. The maximum absolute atomic E-state index is 6.30. The van der Waals surface area contributed by atoms with Crippen LogP contribution in [-0.4, -0.2) is 40.8 Å². The third-order valence-electron chi connectivity index (χ3n) is 5.14. The Morgan fingerprint density at radius 2 is 2.05 bits per heavy atom. The molecular weight excluding hydrogens is 286 g/mol. The van der Waals surface area contributed by atoms with Crippen LogP contribution < -0.4 is 4.74 Å². The maximum Gasteiger partial charge on any atom is 0.274 e. The van der Waals surface area contributed by atoms with Crippen molar-refractivity contribution < 1.29 is 9.26 Å². The second-order valence-electron chi connectivity index (χ2n) is 6.56. The van der Waals surface area contributed by atoms with E-state index >= 15 is 0 Å². The first-order valence-electron chi connectivity index (χ1n) is 7.60. The molecule has 2 aromatic rings. The van der Waals surface area contributed by atoms with E-state index in [2.05, 4.69) is 15.0 Å². The van der Waals surface area contributed by atoms with Crippen molar-refractivity contribution in [1.29, 1.82) is 0 Å². The minimum absolute atomic E-state index is 0.360. The molecule has 6 rings (SSSR count). The predicted octanol–water partition coefficient (Wildman–Crippen LogP) is 2.52. The lowest BCUT2D eigenvalue weighted by molar-refractivity contribution is -0.0985. The molecule has 5 heterocycles. The highest BCUT2D eigenvalue weighted by molar-refractivity contribution is 7.16. The normalized spacial score (nSPS) is 37.0. The summed E-state index contributed by atoms with van der Waals surface area (Å²) in [5, 5.41) is 4.53. The van der Waals surface area contributed by atoms with Crippen LogP contribution in [0.3, 0.4) is 0 Å². The molecule has 0 aromatic carbocycles. The Balaban J connectivity index is 1.36. The van der Waals surface area contributed by atoms with Gasteiger partial charge in [-0.25, -0.2) is 4.98 Å². The number of thiazole rings is 1. The fourth-order valence-electron chi connectivity index (χ4n) is 4.45. The van der Waals surface area contributed by atoms with Crippen LogP contribution in [0, 0.1) is 17.8 Å². The summed E-state index contributed by atoms with van der Waals surface area (Å²) in [5.41, 5.74) is 0.971. The Bertz CT molecular complexity index is 611. The van der Waals surface area contributed by atoms with E-state index in [1.165, 1.54) is 32.5 Å². The van der Waals surface area contributed by atoms with E-state index in [9.17, 15) is 0 Å². The summed E-state index contributed by atoms with van der Waals surface area (Å²) >= 11 is 1.59. The molecule has 3 aliphatic heterocycles. The molecule has 110 valence electrons. The summed E-state index contributed by atoms with van der Waals surface area (Å²) < 4.78 is 11.2. The molecule has 4 fully saturated rings. The number of rotatable bonds is 3. The largest absolute Gasteiger partial charge is 0.466 e. The average molecular weight is 303 g/mol. The van der Waals surface area contributed by atoms with Gasteiger partial charge in [0.05, 0.1) is 16.6 Å². The zero-order valence-corrected chi connectivity index (χ0v) is 12.5. The van der Waals surface area contributed by atoms with E-state index in [4.69, 9.17) is 9.26 Å². The van der Waals surface area contributed by atoms with E-state index < -0.39 is 0 Å². The van der Waals surface area contributed by atoms with Crippen molar-refractivity contribution in [1.82, 2.24) is 15.0 Å². The number of aromatic nitrogens is 2. The standard InChI is InChI=1S/C15H17N3O2S/c1-9-2-11-7-18(5-9)6-10(1)14(11)20-15-16-4-13(21-15)12-3-17-19-8-12/h3-4,8-11,14H,1-2,5-7H2/t9?,10-,11-,14?/m0/s1. The molecule has 2 aromatic heterocycles. The Hall–Kier alpha value is -1.40. The second-order valence-corrected chi connectivity index (χ2v) is 7.56. The highest BCUT2D eigenvalue weighted by atomic mass is 32.1. The first-order valence-corrected chi connectivity index (χ1v) is 8.41. The Morgan fingerprint density at radius 1 is 1.19 bits per heavy atom. The van der Waals surface area contributed by atoms with Gasteiger partial charge in [-0.1, -0.05) is 16.5 Å². The Morgan fingerprint density at radius 3 is 2.76 bits per heavy atom. The molecule has 6 heteroatoms. The van der Waals surface area contributed by atoms with Gasteiger partial charge in [-0.3, -0.25) is 0 Å². The van der Waals surface area contributed by atoms with E-state index in [0.29, 0.717) is 17.9 Å². The van der Waals surface area contributed by atoms with Crippen molar-refractivity contribution in [3.63, 3.8) is 0 Å². The van der Waals surface area contributed by atoms with Gasteiger partial charge >= 0.3 is 0 Å². The van der Waals surface area contributed by atoms with Crippen LogP contribution in [0.1, 0.15) is 12.8 Å². The van der Waals surface area contributed by atoms with Gasteiger partial charge in [0.1, 0.15) is 12.4 Å². The van der Waals surface area contributed by atoms with Gasteiger partial charge in [0.2, 0.25) is 0 Å². The van der Waals surface area contributed by atoms with Crippen LogP contribution in [0.4, 0.5) is 0 Å². The number of hydrogen-bond donors (Lipinski definition) is 0. The van der Waals surface area contributed by atoms with Gasteiger partial charge in [0.25, 0.3) is 5.19 Å². The lowest BCUT2D eigenvalue weighted by Gasteiger charge is -2.55. The Labute approximate surface area is 126 Å². The SMILES string of the molecule is c1nocc1-c1cnc(OC2[C@H]3CC4C[C@H]2CN(C4)C3)s1. The van der Waals surface area contributed by atoms with E-state index in [1.54, 1.807) is 23.8 Å². The molecule has 21 heavy (non-hydrogen) atoms. The van der Waals surface area contributed by atoms with Crippen LogP contribution in [0.5, 0.6) is 5.19 Å². The predicted molar refractivity (Wildman–Crippen MR) is 78.2 cm³/mol. The molecule has 1 saturated carbocycles. The van der Waals surface area contributed by atoms with E-state index in [1.807, 2.05) is 6.20 Å². The van der Waals surface area contributed by atoms with Crippen molar-refractivity contribution >= 4 is 11.3 Å². The lowest BCUT2D eigenvalue weighted by atomic mass is 9.66. The molecular formula is C15H17N3O2S. The van der Waals surface area contributed by atoms with Gasteiger partial charge in [-0.05, 0) is 18.8 Å². The molecule has 0 spiro atoms. The fraction of sp³-hybridized carbons (Fsp3) is 0.600. The van der Waals surface area contributed by atoms with Crippen molar-refractivity contribution in [2.75, 3.05) is 19.6 Å². The van der Waals surface area contributed by atoms with Gasteiger partial charge in [0, 0.05) is 37.7 Å². The van der Waals surface area contributed by atoms with Crippen LogP contribution in [0.15, 0.2) is 23.2 Å². The highest BCUT2D eigenvalue weighted by Crippen LogP contribution is 2.45. The van der Waals surface area contributed by atoms with Crippen LogP contribution in [0.2, 0.25) is 0 Å². The molecule has 0 N–H and O–H groups in total. The van der Waals surface area contributed by atoms with E-state index in [0.717, 1.165) is 21.6 Å². The first kappa shape index (κ1) is 12.2. The van der Waals surface area contributed by atoms with Gasteiger partial charge in [-0.2, -0.15) is 0 Å². The molecule has 0 radical (unpaired) electrons. The minimum atomic E-state index is 0.360. The minimum Gasteiger partial charge on any atom is -0.466 e. The van der Waals surface area contributed by atoms with Crippen LogP contribution >= 0.6 is 11.3 Å². The average Bonchev–Trinajstić information content (AvgIpc) is 3.13. The van der Waals surface area contributed by atoms with Gasteiger partial charge in [0.15, 0.2) is 0 Å². The number of piperidine rings is 3. The summed E-state index contributed by atoms with van der Waals surface area (Å²) in [4.78, 5) is 8.11. The molecule has 0 amide bonds. The molecule has 4 aliphatic rings. The summed E-state index contributed by atoms with van der Waals surface area (Å²) in [7, 11) is 0. The smallest absolute Gasteiger partial charge is 0.274 e.